The van der Waals surface area contributed by atoms with Gasteiger partial charge in [0.15, 0.2) is 0 Å². The number of fused-ring (bicyclic) bond motifs is 5. The molecule has 4 unspecified atom stereocenters. The summed E-state index contributed by atoms with van der Waals surface area (Å²) in [4.78, 5) is 36.6. The molecule has 1 saturated heterocycles. The zero-order valence-corrected chi connectivity index (χ0v) is 11.7. The third kappa shape index (κ3) is 1.73. The molecule has 2 bridgehead atoms. The van der Waals surface area contributed by atoms with Crippen LogP contribution >= 0.6 is 0 Å². The second kappa shape index (κ2) is 4.50. The van der Waals surface area contributed by atoms with Crippen molar-refractivity contribution >= 4 is 17.5 Å². The first-order chi connectivity index (χ1) is 10.6. The molecule has 1 aromatic rings. The number of allylic oxidation sites excluding steroid dienone is 2. The summed E-state index contributed by atoms with van der Waals surface area (Å²) >= 11 is 0. The van der Waals surface area contributed by atoms with Gasteiger partial charge in [-0.15, -0.1) is 0 Å². The monoisotopic (exact) mass is 298 g/mol. The minimum absolute atomic E-state index is 0.00180. The van der Waals surface area contributed by atoms with Gasteiger partial charge in [-0.3, -0.25) is 24.6 Å². The molecule has 1 aromatic carbocycles. The Kier molecular flexibility index (Phi) is 2.69. The molecule has 1 saturated carbocycles. The number of hydrogen-bond acceptors (Lipinski definition) is 4. The van der Waals surface area contributed by atoms with Gasteiger partial charge in [0, 0.05) is 12.1 Å². The number of carbonyl (C=O) groups excluding carboxylic acids is 2. The fraction of sp³-hybridized carbons (Fsp3) is 0.375. The highest BCUT2D eigenvalue weighted by atomic mass is 16.6. The number of nitro benzene ring substituents is 1. The number of benzene rings is 1. The molecule has 22 heavy (non-hydrogen) atoms. The van der Waals surface area contributed by atoms with Gasteiger partial charge in [-0.2, -0.15) is 0 Å². The lowest BCUT2D eigenvalue weighted by atomic mass is 9.85. The summed E-state index contributed by atoms with van der Waals surface area (Å²) in [5, 5.41) is 10.7. The zero-order chi connectivity index (χ0) is 15.4. The molecule has 0 N–H and O–H groups in total. The van der Waals surface area contributed by atoms with Crippen molar-refractivity contribution in [3.8, 4) is 0 Å². The normalized spacial score (nSPS) is 31.9. The second-order valence-electron chi connectivity index (χ2n) is 6.19. The van der Waals surface area contributed by atoms with Crippen LogP contribution in [0.25, 0.3) is 0 Å². The lowest BCUT2D eigenvalue weighted by molar-refractivity contribution is -0.384. The number of carbonyl (C=O) groups is 2. The Morgan fingerprint density at radius 2 is 1.59 bits per heavy atom. The second-order valence-corrected chi connectivity index (χ2v) is 6.19. The molecule has 2 amide bonds. The number of nitro groups is 1. The zero-order valence-electron chi connectivity index (χ0n) is 11.7. The van der Waals surface area contributed by atoms with Crippen LogP contribution in [0.3, 0.4) is 0 Å². The van der Waals surface area contributed by atoms with Crippen molar-refractivity contribution in [2.24, 2.45) is 23.7 Å². The number of hydrogen-bond donors (Lipinski definition) is 0. The molecule has 0 aromatic heterocycles. The summed E-state index contributed by atoms with van der Waals surface area (Å²) in [6.07, 6.45) is 5.04. The lowest BCUT2D eigenvalue weighted by Crippen LogP contribution is -2.32. The van der Waals surface area contributed by atoms with Gasteiger partial charge < -0.3 is 0 Å². The van der Waals surface area contributed by atoms with Gasteiger partial charge in [0.05, 0.1) is 23.3 Å². The van der Waals surface area contributed by atoms with E-state index in [1.807, 2.05) is 0 Å². The molecule has 4 rings (SSSR count). The van der Waals surface area contributed by atoms with E-state index in [-0.39, 0.29) is 47.7 Å². The lowest BCUT2D eigenvalue weighted by Gasteiger charge is -2.17. The third-order valence-corrected chi connectivity index (χ3v) is 5.05. The van der Waals surface area contributed by atoms with E-state index < -0.39 is 4.92 Å². The van der Waals surface area contributed by atoms with Crippen molar-refractivity contribution in [3.05, 3.63) is 52.1 Å². The minimum atomic E-state index is -0.469. The molecule has 1 aliphatic heterocycles. The fourth-order valence-corrected chi connectivity index (χ4v) is 4.03. The molecule has 1 heterocycles. The van der Waals surface area contributed by atoms with Crippen LogP contribution in [0.15, 0.2) is 36.4 Å². The molecular formula is C16H14N2O4. The van der Waals surface area contributed by atoms with Crippen molar-refractivity contribution < 1.29 is 14.5 Å². The van der Waals surface area contributed by atoms with Crippen LogP contribution in [-0.4, -0.2) is 21.6 Å². The molecule has 2 aliphatic carbocycles. The van der Waals surface area contributed by atoms with E-state index in [2.05, 4.69) is 12.2 Å². The van der Waals surface area contributed by atoms with Crippen molar-refractivity contribution in [2.75, 3.05) is 0 Å². The van der Waals surface area contributed by atoms with Crippen LogP contribution in [-0.2, 0) is 16.1 Å². The Morgan fingerprint density at radius 3 is 2.09 bits per heavy atom. The van der Waals surface area contributed by atoms with Gasteiger partial charge in [0.1, 0.15) is 0 Å². The van der Waals surface area contributed by atoms with E-state index in [0.29, 0.717) is 0 Å². The van der Waals surface area contributed by atoms with Crippen molar-refractivity contribution in [2.45, 2.75) is 13.0 Å². The summed E-state index contributed by atoms with van der Waals surface area (Å²) in [6.45, 7) is 0.197. The number of non-ortho nitro benzene ring substituents is 1. The maximum atomic E-state index is 12.5. The molecule has 2 fully saturated rings. The van der Waals surface area contributed by atoms with E-state index >= 15 is 0 Å². The number of amides is 2. The summed E-state index contributed by atoms with van der Waals surface area (Å²) in [5.41, 5.74) is 0.731. The average Bonchev–Trinajstić information content (AvgIpc) is 3.17. The summed E-state index contributed by atoms with van der Waals surface area (Å²) in [6, 6.07) is 5.98. The van der Waals surface area contributed by atoms with Crippen molar-refractivity contribution in [3.63, 3.8) is 0 Å². The van der Waals surface area contributed by atoms with Crippen LogP contribution < -0.4 is 0 Å². The predicted molar refractivity (Wildman–Crippen MR) is 76.4 cm³/mol. The Balaban J connectivity index is 1.56. The first-order valence-electron chi connectivity index (χ1n) is 7.33. The quantitative estimate of drug-likeness (QED) is 0.369. The predicted octanol–water partition coefficient (Wildman–Crippen LogP) is 1.90. The summed E-state index contributed by atoms with van der Waals surface area (Å²) < 4.78 is 0. The number of nitrogens with zero attached hydrogens (tertiary/aromatic N) is 2. The van der Waals surface area contributed by atoms with Gasteiger partial charge in [-0.1, -0.05) is 24.3 Å². The molecule has 0 radical (unpaired) electrons. The first kappa shape index (κ1) is 13.2. The highest BCUT2D eigenvalue weighted by molar-refractivity contribution is 6.06. The third-order valence-electron chi connectivity index (χ3n) is 5.05. The van der Waals surface area contributed by atoms with E-state index in [0.717, 1.165) is 12.0 Å². The number of likely N-dealkylation sites (tertiary alicyclic amines) is 1. The van der Waals surface area contributed by atoms with Crippen LogP contribution in [0.1, 0.15) is 12.0 Å². The smallest absolute Gasteiger partial charge is 0.269 e. The van der Waals surface area contributed by atoms with Crippen LogP contribution in [0.2, 0.25) is 0 Å². The van der Waals surface area contributed by atoms with Gasteiger partial charge >= 0.3 is 0 Å². The SMILES string of the molecule is O=C1C2C3C=CC(C3)C2C(=O)N1Cc1ccc([N+](=O)[O-])cc1. The highest BCUT2D eigenvalue weighted by Gasteiger charge is 2.59. The fourth-order valence-electron chi connectivity index (χ4n) is 4.03. The van der Waals surface area contributed by atoms with Crippen LogP contribution in [0, 0.1) is 33.8 Å². The van der Waals surface area contributed by atoms with E-state index in [1.165, 1.54) is 17.0 Å². The topological polar surface area (TPSA) is 80.5 Å². The largest absolute Gasteiger partial charge is 0.278 e. The van der Waals surface area contributed by atoms with Gasteiger partial charge in [0.2, 0.25) is 11.8 Å². The molecule has 0 spiro atoms. The number of imide groups is 1. The molecular weight excluding hydrogens is 284 g/mol. The van der Waals surface area contributed by atoms with Crippen LogP contribution in [0.5, 0.6) is 0 Å². The average molecular weight is 298 g/mol. The van der Waals surface area contributed by atoms with E-state index in [1.54, 1.807) is 12.1 Å². The van der Waals surface area contributed by atoms with Gasteiger partial charge in [-0.05, 0) is 23.8 Å². The van der Waals surface area contributed by atoms with Gasteiger partial charge in [-0.25, -0.2) is 0 Å². The molecule has 6 heteroatoms. The summed E-state index contributed by atoms with van der Waals surface area (Å²) in [5.74, 6) is -0.168. The standard InChI is InChI=1S/C16H14N2O4/c19-15-13-10-3-4-11(7-10)14(13)16(20)17(15)8-9-1-5-12(6-2-9)18(21)22/h1-6,10-11,13-14H,7-8H2. The molecule has 112 valence electrons. The van der Waals surface area contributed by atoms with Crippen molar-refractivity contribution in [1.29, 1.82) is 0 Å². The Labute approximate surface area is 126 Å². The molecule has 6 nitrogen and oxygen atoms in total. The maximum Gasteiger partial charge on any atom is 0.269 e. The van der Waals surface area contributed by atoms with Gasteiger partial charge in [0.25, 0.3) is 5.69 Å². The van der Waals surface area contributed by atoms with Crippen molar-refractivity contribution in [1.82, 2.24) is 4.90 Å². The Bertz CT molecular complexity index is 679. The highest BCUT2D eigenvalue weighted by Crippen LogP contribution is 2.52. The molecule has 3 aliphatic rings. The number of rotatable bonds is 3. The summed E-state index contributed by atoms with van der Waals surface area (Å²) in [7, 11) is 0. The maximum absolute atomic E-state index is 12.5. The first-order valence-corrected chi connectivity index (χ1v) is 7.33. The Morgan fingerprint density at radius 1 is 1.05 bits per heavy atom. The molecule has 4 atom stereocenters. The minimum Gasteiger partial charge on any atom is -0.278 e. The van der Waals surface area contributed by atoms with E-state index in [4.69, 9.17) is 0 Å². The van der Waals surface area contributed by atoms with E-state index in [9.17, 15) is 19.7 Å². The Hall–Kier alpha value is -2.50. The van der Waals surface area contributed by atoms with Crippen LogP contribution in [0.4, 0.5) is 5.69 Å².